The van der Waals surface area contributed by atoms with Gasteiger partial charge < -0.3 is 10.1 Å². The van der Waals surface area contributed by atoms with E-state index in [2.05, 4.69) is 35.1 Å². The highest BCUT2D eigenvalue weighted by molar-refractivity contribution is 9.10. The van der Waals surface area contributed by atoms with Gasteiger partial charge in [-0.25, -0.2) is 0 Å². The van der Waals surface area contributed by atoms with Crippen molar-refractivity contribution in [2.45, 2.75) is 13.8 Å². The molecular weight excluding hydrogens is 289 g/mol. The monoisotopic (exact) mass is 305 g/mol. The van der Waals surface area contributed by atoms with Crippen LogP contribution in [0.25, 0.3) is 0 Å². The zero-order chi connectivity index (χ0) is 12.2. The highest BCUT2D eigenvalue weighted by atomic mass is 79.9. The summed E-state index contributed by atoms with van der Waals surface area (Å²) in [5, 5.41) is 3.79. The van der Waals surface area contributed by atoms with Crippen LogP contribution < -0.4 is 10.1 Å². The molecule has 0 amide bonds. The third-order valence-electron chi connectivity index (χ3n) is 2.17. The lowest BCUT2D eigenvalue weighted by Crippen LogP contribution is -2.32. The molecule has 1 rings (SSSR count). The molecule has 0 unspecified atom stereocenters. The maximum atomic E-state index is 6.04. The van der Waals surface area contributed by atoms with Crippen molar-refractivity contribution in [3.8, 4) is 5.75 Å². The van der Waals surface area contributed by atoms with Crippen LogP contribution in [0.5, 0.6) is 5.75 Å². The first kappa shape index (κ1) is 13.8. The van der Waals surface area contributed by atoms with Crippen molar-refractivity contribution in [2.75, 3.05) is 20.2 Å². The van der Waals surface area contributed by atoms with Gasteiger partial charge in [0.1, 0.15) is 5.75 Å². The van der Waals surface area contributed by atoms with E-state index in [1.165, 1.54) is 0 Å². The van der Waals surface area contributed by atoms with Crippen LogP contribution in [-0.2, 0) is 0 Å². The molecule has 0 saturated heterocycles. The summed E-state index contributed by atoms with van der Waals surface area (Å²) in [6.07, 6.45) is 0. The Morgan fingerprint density at radius 1 is 1.44 bits per heavy atom. The zero-order valence-corrected chi connectivity index (χ0v) is 12.2. The van der Waals surface area contributed by atoms with Crippen molar-refractivity contribution < 1.29 is 4.74 Å². The van der Waals surface area contributed by atoms with Crippen molar-refractivity contribution in [3.05, 3.63) is 27.7 Å². The van der Waals surface area contributed by atoms with Crippen LogP contribution >= 0.6 is 27.5 Å². The number of hydrogen-bond acceptors (Lipinski definition) is 2. The second-order valence-electron chi connectivity index (χ2n) is 4.56. The second-order valence-corrected chi connectivity index (χ2v) is 5.88. The van der Waals surface area contributed by atoms with Crippen molar-refractivity contribution in [3.63, 3.8) is 0 Å². The van der Waals surface area contributed by atoms with Gasteiger partial charge in [-0.05, 0) is 25.2 Å². The molecule has 0 aliphatic carbocycles. The van der Waals surface area contributed by atoms with Crippen LogP contribution in [-0.4, -0.2) is 20.2 Å². The Morgan fingerprint density at radius 2 is 2.12 bits per heavy atom. The SMILES string of the molecule is CNCC(C)(C)COc1cc(Br)ccc1Cl. The minimum atomic E-state index is 0.0837. The second kappa shape index (κ2) is 5.89. The van der Waals surface area contributed by atoms with Gasteiger partial charge in [0.2, 0.25) is 0 Å². The molecule has 0 saturated carbocycles. The quantitative estimate of drug-likeness (QED) is 0.895. The first-order valence-corrected chi connectivity index (χ1v) is 6.34. The van der Waals surface area contributed by atoms with E-state index in [0.29, 0.717) is 11.6 Å². The maximum Gasteiger partial charge on any atom is 0.139 e. The van der Waals surface area contributed by atoms with Crippen LogP contribution in [0.4, 0.5) is 0 Å². The summed E-state index contributed by atoms with van der Waals surface area (Å²) in [5.41, 5.74) is 0.0837. The van der Waals surface area contributed by atoms with E-state index in [4.69, 9.17) is 16.3 Å². The predicted molar refractivity (Wildman–Crippen MR) is 72.4 cm³/mol. The van der Waals surface area contributed by atoms with Crippen LogP contribution in [0.1, 0.15) is 13.8 Å². The smallest absolute Gasteiger partial charge is 0.139 e. The number of halogens is 2. The molecule has 0 atom stereocenters. The fourth-order valence-corrected chi connectivity index (χ4v) is 1.90. The molecule has 1 aromatic rings. The molecule has 0 aromatic heterocycles. The van der Waals surface area contributed by atoms with E-state index in [0.717, 1.165) is 16.8 Å². The number of hydrogen-bond donors (Lipinski definition) is 1. The summed E-state index contributed by atoms with van der Waals surface area (Å²) in [5.74, 6) is 0.722. The van der Waals surface area contributed by atoms with Crippen molar-refractivity contribution in [1.82, 2.24) is 5.32 Å². The summed E-state index contributed by atoms with van der Waals surface area (Å²) in [6.45, 7) is 5.83. The van der Waals surface area contributed by atoms with Gasteiger partial charge in [0.05, 0.1) is 11.6 Å². The van der Waals surface area contributed by atoms with E-state index >= 15 is 0 Å². The number of benzene rings is 1. The molecular formula is C12H17BrClNO. The van der Waals surface area contributed by atoms with Crippen LogP contribution in [0.2, 0.25) is 5.02 Å². The Labute approximate surface area is 110 Å². The first-order chi connectivity index (χ1) is 7.44. The van der Waals surface area contributed by atoms with Crippen LogP contribution in [0, 0.1) is 5.41 Å². The zero-order valence-electron chi connectivity index (χ0n) is 9.81. The average molecular weight is 307 g/mol. The fraction of sp³-hybridized carbons (Fsp3) is 0.500. The molecule has 4 heteroatoms. The Morgan fingerprint density at radius 3 is 2.75 bits per heavy atom. The molecule has 1 N–H and O–H groups in total. The van der Waals surface area contributed by atoms with Gasteiger partial charge in [0.25, 0.3) is 0 Å². The molecule has 0 heterocycles. The molecule has 16 heavy (non-hydrogen) atoms. The predicted octanol–water partition coefficient (Wildman–Crippen LogP) is 3.73. The number of nitrogens with one attached hydrogen (secondary N) is 1. The maximum absolute atomic E-state index is 6.04. The lowest BCUT2D eigenvalue weighted by atomic mass is 9.95. The summed E-state index contributed by atoms with van der Waals surface area (Å²) >= 11 is 9.44. The van der Waals surface area contributed by atoms with Gasteiger partial charge in [-0.2, -0.15) is 0 Å². The van der Waals surface area contributed by atoms with E-state index in [-0.39, 0.29) is 5.41 Å². The van der Waals surface area contributed by atoms with Gasteiger partial charge in [0, 0.05) is 16.4 Å². The van der Waals surface area contributed by atoms with Crippen molar-refractivity contribution in [2.24, 2.45) is 5.41 Å². The molecule has 0 aliphatic heterocycles. The van der Waals surface area contributed by atoms with Gasteiger partial charge >= 0.3 is 0 Å². The Hall–Kier alpha value is -0.250. The average Bonchev–Trinajstić information content (AvgIpc) is 2.19. The summed E-state index contributed by atoms with van der Waals surface area (Å²) < 4.78 is 6.70. The largest absolute Gasteiger partial charge is 0.491 e. The Kier molecular flexibility index (Phi) is 5.09. The Bertz CT molecular complexity index is 355. The first-order valence-electron chi connectivity index (χ1n) is 5.17. The third-order valence-corrected chi connectivity index (χ3v) is 2.97. The van der Waals surface area contributed by atoms with Crippen molar-refractivity contribution in [1.29, 1.82) is 0 Å². The molecule has 0 fully saturated rings. The minimum Gasteiger partial charge on any atom is -0.491 e. The molecule has 0 aliphatic rings. The third kappa shape index (κ3) is 4.32. The van der Waals surface area contributed by atoms with Gasteiger partial charge in [-0.3, -0.25) is 0 Å². The highest BCUT2D eigenvalue weighted by Crippen LogP contribution is 2.29. The highest BCUT2D eigenvalue weighted by Gasteiger charge is 2.18. The van der Waals surface area contributed by atoms with Crippen LogP contribution in [0.3, 0.4) is 0 Å². The Balaban J connectivity index is 2.63. The summed E-state index contributed by atoms with van der Waals surface area (Å²) in [4.78, 5) is 0. The van der Waals surface area contributed by atoms with E-state index < -0.39 is 0 Å². The topological polar surface area (TPSA) is 21.3 Å². The summed E-state index contributed by atoms with van der Waals surface area (Å²) in [6, 6.07) is 5.61. The van der Waals surface area contributed by atoms with Gasteiger partial charge in [-0.1, -0.05) is 41.4 Å². The molecule has 90 valence electrons. The molecule has 0 spiro atoms. The van der Waals surface area contributed by atoms with E-state index in [9.17, 15) is 0 Å². The lowest BCUT2D eigenvalue weighted by Gasteiger charge is -2.24. The van der Waals surface area contributed by atoms with E-state index in [1.54, 1.807) is 0 Å². The minimum absolute atomic E-state index is 0.0837. The normalized spacial score (nSPS) is 11.6. The number of rotatable bonds is 5. The molecule has 0 bridgehead atoms. The molecule has 1 aromatic carbocycles. The lowest BCUT2D eigenvalue weighted by molar-refractivity contribution is 0.179. The van der Waals surface area contributed by atoms with Crippen molar-refractivity contribution >= 4 is 27.5 Å². The summed E-state index contributed by atoms with van der Waals surface area (Å²) in [7, 11) is 1.94. The fourth-order valence-electron chi connectivity index (χ4n) is 1.39. The number of ether oxygens (including phenoxy) is 1. The van der Waals surface area contributed by atoms with E-state index in [1.807, 2.05) is 25.2 Å². The van der Waals surface area contributed by atoms with Gasteiger partial charge in [0.15, 0.2) is 0 Å². The molecule has 2 nitrogen and oxygen atoms in total. The van der Waals surface area contributed by atoms with Crippen LogP contribution in [0.15, 0.2) is 22.7 Å². The molecule has 0 radical (unpaired) electrons. The standard InChI is InChI=1S/C12H17BrClNO/c1-12(2,7-15-3)8-16-11-6-9(13)4-5-10(11)14/h4-6,15H,7-8H2,1-3H3. The van der Waals surface area contributed by atoms with Gasteiger partial charge in [-0.15, -0.1) is 0 Å².